The van der Waals surface area contributed by atoms with Gasteiger partial charge in [0.05, 0.1) is 7.11 Å². The number of hydrogen-bond donors (Lipinski definition) is 2. The first kappa shape index (κ1) is 14.5. The number of nitrogens with two attached hydrogens (primary N) is 1. The number of ether oxygens (including phenoxy) is 1. The highest BCUT2D eigenvalue weighted by atomic mass is 16.5. The van der Waals surface area contributed by atoms with E-state index in [0.29, 0.717) is 23.5 Å². The first-order chi connectivity index (χ1) is 8.51. The summed E-state index contributed by atoms with van der Waals surface area (Å²) in [5.74, 6) is 7.84. The second-order valence-corrected chi connectivity index (χ2v) is 4.81. The van der Waals surface area contributed by atoms with Crippen LogP contribution >= 0.6 is 0 Å². The van der Waals surface area contributed by atoms with Crippen LogP contribution < -0.4 is 20.9 Å². The van der Waals surface area contributed by atoms with Crippen LogP contribution in [0.5, 0.6) is 5.75 Å². The minimum atomic E-state index is 0.361. The Hall–Kier alpha value is -1.56. The van der Waals surface area contributed by atoms with E-state index in [9.17, 15) is 0 Å². The molecule has 0 saturated carbocycles. The highest BCUT2D eigenvalue weighted by Crippen LogP contribution is 2.32. The number of anilines is 2. The van der Waals surface area contributed by atoms with E-state index >= 15 is 0 Å². The molecule has 1 aromatic heterocycles. The average molecular weight is 253 g/mol. The molecule has 18 heavy (non-hydrogen) atoms. The Morgan fingerprint density at radius 1 is 1.39 bits per heavy atom. The maximum absolute atomic E-state index is 5.41. The summed E-state index contributed by atoms with van der Waals surface area (Å²) in [5, 5.41) is 0. The lowest BCUT2D eigenvalue weighted by Gasteiger charge is -2.28. The third kappa shape index (κ3) is 3.22. The van der Waals surface area contributed by atoms with Gasteiger partial charge in [0.15, 0.2) is 11.6 Å². The quantitative estimate of drug-likeness (QED) is 0.593. The van der Waals surface area contributed by atoms with Crippen molar-refractivity contribution in [2.24, 2.45) is 11.8 Å². The van der Waals surface area contributed by atoms with Crippen LogP contribution in [-0.4, -0.2) is 30.2 Å². The van der Waals surface area contributed by atoms with Crippen LogP contribution in [0.25, 0.3) is 0 Å². The molecule has 6 heteroatoms. The summed E-state index contributed by atoms with van der Waals surface area (Å²) >= 11 is 0. The first-order valence-electron chi connectivity index (χ1n) is 6.09. The number of nitrogen functional groups attached to an aromatic ring is 1. The highest BCUT2D eigenvalue weighted by molar-refractivity contribution is 5.64. The van der Waals surface area contributed by atoms with E-state index in [1.165, 1.54) is 6.33 Å². The van der Waals surface area contributed by atoms with Gasteiger partial charge in [-0.25, -0.2) is 15.8 Å². The Morgan fingerprint density at radius 3 is 2.56 bits per heavy atom. The molecule has 0 aliphatic rings. The van der Waals surface area contributed by atoms with Crippen molar-refractivity contribution in [1.82, 2.24) is 9.97 Å². The fourth-order valence-electron chi connectivity index (χ4n) is 1.96. The zero-order valence-electron chi connectivity index (χ0n) is 11.8. The minimum absolute atomic E-state index is 0.361. The van der Waals surface area contributed by atoms with Crippen LogP contribution in [0.15, 0.2) is 6.33 Å². The molecular weight excluding hydrogens is 230 g/mol. The summed E-state index contributed by atoms with van der Waals surface area (Å²) in [6, 6.07) is 0.361. The fraction of sp³-hybridized carbons (Fsp3) is 0.667. The number of methoxy groups -OCH3 is 1. The van der Waals surface area contributed by atoms with Crippen LogP contribution in [0.1, 0.15) is 27.2 Å². The molecule has 0 radical (unpaired) electrons. The second-order valence-electron chi connectivity index (χ2n) is 4.81. The third-order valence-corrected chi connectivity index (χ3v) is 2.93. The minimum Gasteiger partial charge on any atom is -0.490 e. The SMILES string of the molecule is COc1c(NN)ncnc1N(C)C(C)CC(C)C. The number of aromatic nitrogens is 2. The maximum Gasteiger partial charge on any atom is 0.205 e. The van der Waals surface area contributed by atoms with Crippen molar-refractivity contribution >= 4 is 11.6 Å². The van der Waals surface area contributed by atoms with Gasteiger partial charge in [0, 0.05) is 13.1 Å². The van der Waals surface area contributed by atoms with Crippen LogP contribution in [0.2, 0.25) is 0 Å². The molecule has 1 aromatic rings. The Morgan fingerprint density at radius 2 is 2.06 bits per heavy atom. The van der Waals surface area contributed by atoms with Crippen LogP contribution in [0.3, 0.4) is 0 Å². The summed E-state index contributed by atoms with van der Waals surface area (Å²) in [5.41, 5.74) is 2.52. The van der Waals surface area contributed by atoms with E-state index in [1.807, 2.05) is 7.05 Å². The Bertz CT molecular complexity index is 383. The van der Waals surface area contributed by atoms with Crippen molar-refractivity contribution in [2.75, 3.05) is 24.5 Å². The molecule has 0 aromatic carbocycles. The summed E-state index contributed by atoms with van der Waals surface area (Å²) in [4.78, 5) is 10.4. The largest absolute Gasteiger partial charge is 0.490 e. The number of hydrazine groups is 1. The van der Waals surface area contributed by atoms with E-state index in [2.05, 4.69) is 41.1 Å². The van der Waals surface area contributed by atoms with Gasteiger partial charge in [-0.3, -0.25) is 0 Å². The predicted molar refractivity (Wildman–Crippen MR) is 73.7 cm³/mol. The Labute approximate surface area is 109 Å². The predicted octanol–water partition coefficient (Wildman–Crippen LogP) is 1.64. The topological polar surface area (TPSA) is 76.3 Å². The van der Waals surface area contributed by atoms with Crippen molar-refractivity contribution in [1.29, 1.82) is 0 Å². The molecule has 0 amide bonds. The lowest BCUT2D eigenvalue weighted by molar-refractivity contribution is 0.409. The number of nitrogens with one attached hydrogen (secondary N) is 1. The average Bonchev–Trinajstić information content (AvgIpc) is 2.35. The molecule has 1 heterocycles. The summed E-state index contributed by atoms with van der Waals surface area (Å²) in [6.07, 6.45) is 2.56. The second kappa shape index (κ2) is 6.39. The van der Waals surface area contributed by atoms with Gasteiger partial charge in [-0.2, -0.15) is 0 Å². The van der Waals surface area contributed by atoms with Gasteiger partial charge >= 0.3 is 0 Å². The summed E-state index contributed by atoms with van der Waals surface area (Å²) in [6.45, 7) is 6.57. The molecule has 1 rings (SSSR count). The van der Waals surface area contributed by atoms with E-state index in [1.54, 1.807) is 7.11 Å². The molecular formula is C12H23N5O. The van der Waals surface area contributed by atoms with Crippen LogP contribution in [0, 0.1) is 5.92 Å². The zero-order valence-corrected chi connectivity index (χ0v) is 11.8. The number of nitrogens with zero attached hydrogens (tertiary/aromatic N) is 3. The molecule has 6 nitrogen and oxygen atoms in total. The number of rotatable bonds is 6. The zero-order chi connectivity index (χ0) is 13.7. The molecule has 1 atom stereocenters. The molecule has 0 aliphatic heterocycles. The van der Waals surface area contributed by atoms with Crippen LogP contribution in [0.4, 0.5) is 11.6 Å². The molecule has 0 aliphatic carbocycles. The maximum atomic E-state index is 5.41. The van der Waals surface area contributed by atoms with E-state index in [4.69, 9.17) is 10.6 Å². The van der Waals surface area contributed by atoms with Gasteiger partial charge in [-0.05, 0) is 19.3 Å². The van der Waals surface area contributed by atoms with E-state index < -0.39 is 0 Å². The summed E-state index contributed by atoms with van der Waals surface area (Å²) < 4.78 is 5.33. The molecule has 0 spiro atoms. The van der Waals surface area contributed by atoms with Crippen molar-refractivity contribution in [3.8, 4) is 5.75 Å². The van der Waals surface area contributed by atoms with Gasteiger partial charge in [0.1, 0.15) is 6.33 Å². The van der Waals surface area contributed by atoms with Gasteiger partial charge in [0.25, 0.3) is 0 Å². The lowest BCUT2D eigenvalue weighted by atomic mass is 10.0. The summed E-state index contributed by atoms with van der Waals surface area (Å²) in [7, 11) is 3.59. The van der Waals surface area contributed by atoms with Gasteiger partial charge in [0.2, 0.25) is 5.75 Å². The Kier molecular flexibility index (Phi) is 5.15. The Balaban J connectivity index is 3.01. The molecule has 0 saturated heterocycles. The monoisotopic (exact) mass is 253 g/mol. The molecule has 102 valence electrons. The van der Waals surface area contributed by atoms with Crippen LogP contribution in [-0.2, 0) is 0 Å². The normalized spacial score (nSPS) is 12.4. The van der Waals surface area contributed by atoms with Crippen molar-refractivity contribution < 1.29 is 4.74 Å². The lowest BCUT2D eigenvalue weighted by Crippen LogP contribution is -2.31. The fourth-order valence-corrected chi connectivity index (χ4v) is 1.96. The third-order valence-electron chi connectivity index (χ3n) is 2.93. The first-order valence-corrected chi connectivity index (χ1v) is 6.09. The molecule has 1 unspecified atom stereocenters. The smallest absolute Gasteiger partial charge is 0.205 e. The van der Waals surface area contributed by atoms with Gasteiger partial charge < -0.3 is 15.1 Å². The standard InChI is InChI=1S/C12H23N5O/c1-8(2)6-9(3)17(4)12-10(18-5)11(16-13)14-7-15-12/h7-9H,6,13H2,1-5H3,(H,14,15,16). The molecule has 0 bridgehead atoms. The van der Waals surface area contributed by atoms with E-state index in [0.717, 1.165) is 12.2 Å². The van der Waals surface area contributed by atoms with Gasteiger partial charge in [-0.15, -0.1) is 0 Å². The van der Waals surface area contributed by atoms with Crippen molar-refractivity contribution in [2.45, 2.75) is 33.2 Å². The number of hydrogen-bond acceptors (Lipinski definition) is 6. The van der Waals surface area contributed by atoms with Gasteiger partial charge in [-0.1, -0.05) is 13.8 Å². The molecule has 3 N–H and O–H groups in total. The van der Waals surface area contributed by atoms with Crippen molar-refractivity contribution in [3.63, 3.8) is 0 Å². The van der Waals surface area contributed by atoms with E-state index in [-0.39, 0.29) is 0 Å². The highest BCUT2D eigenvalue weighted by Gasteiger charge is 2.19. The molecule has 0 fully saturated rings. The van der Waals surface area contributed by atoms with Crippen molar-refractivity contribution in [3.05, 3.63) is 6.33 Å².